The molecule has 1 atom stereocenters. The molecule has 1 unspecified atom stereocenters. The number of ether oxygens (including phenoxy) is 1. The molecule has 4 aromatic rings. The number of nitrogens with one attached hydrogen (secondary N) is 1. The van der Waals surface area contributed by atoms with E-state index in [1.165, 1.54) is 12.1 Å². The third-order valence-electron chi connectivity index (χ3n) is 5.64. The van der Waals surface area contributed by atoms with E-state index in [1.807, 2.05) is 54.6 Å². The van der Waals surface area contributed by atoms with Crippen LogP contribution in [-0.4, -0.2) is 20.7 Å². The van der Waals surface area contributed by atoms with Gasteiger partial charge in [0, 0.05) is 11.3 Å². The number of halogens is 1. The number of amides is 1. The zero-order valence-electron chi connectivity index (χ0n) is 18.4. The average molecular weight is 455 g/mol. The van der Waals surface area contributed by atoms with Gasteiger partial charge in [0.25, 0.3) is 0 Å². The van der Waals surface area contributed by atoms with Gasteiger partial charge in [0.1, 0.15) is 24.2 Å². The molecule has 3 N–H and O–H groups in total. The Bertz CT molecular complexity index is 1380. The van der Waals surface area contributed by atoms with Crippen molar-refractivity contribution in [2.45, 2.75) is 19.6 Å². The first kappa shape index (κ1) is 21.4. The Balaban J connectivity index is 1.53. The zero-order chi connectivity index (χ0) is 23.7. The Kier molecular flexibility index (Phi) is 5.55. The molecule has 1 amide bonds. The standard InChI is InChI=1S/C26H22FN5O2/c1-16-22(24(28)33)23(19-8-5-9-21(14-19)34-15-17-6-3-2-4-7-17)32-26(29-16)30-25(31-32)18-10-12-20(27)13-11-18/h2-14,23H,15H2,1H3,(H2,28,33)(H,29,30,31). The molecule has 0 saturated carbocycles. The predicted molar refractivity (Wildman–Crippen MR) is 126 cm³/mol. The summed E-state index contributed by atoms with van der Waals surface area (Å²) in [5.41, 5.74) is 9.23. The highest BCUT2D eigenvalue weighted by molar-refractivity contribution is 5.95. The lowest BCUT2D eigenvalue weighted by Crippen LogP contribution is -2.31. The molecule has 3 aromatic carbocycles. The molecule has 34 heavy (non-hydrogen) atoms. The zero-order valence-corrected chi connectivity index (χ0v) is 18.4. The van der Waals surface area contributed by atoms with Crippen molar-refractivity contribution in [1.82, 2.24) is 14.8 Å². The van der Waals surface area contributed by atoms with Crippen LogP contribution in [0.4, 0.5) is 10.3 Å². The maximum absolute atomic E-state index is 13.4. The minimum Gasteiger partial charge on any atom is -0.489 e. The van der Waals surface area contributed by atoms with Gasteiger partial charge < -0.3 is 15.8 Å². The third kappa shape index (κ3) is 4.13. The van der Waals surface area contributed by atoms with Crippen LogP contribution in [0.3, 0.4) is 0 Å². The number of allylic oxidation sites excluding steroid dienone is 1. The number of fused-ring (bicyclic) bond motifs is 1. The topological polar surface area (TPSA) is 95.1 Å². The molecule has 5 rings (SSSR count). The summed E-state index contributed by atoms with van der Waals surface area (Å²) in [6.45, 7) is 2.19. The summed E-state index contributed by atoms with van der Waals surface area (Å²) in [7, 11) is 0. The number of carbonyl (C=O) groups excluding carboxylic acids is 1. The van der Waals surface area contributed by atoms with E-state index >= 15 is 0 Å². The number of nitrogens with two attached hydrogens (primary N) is 1. The van der Waals surface area contributed by atoms with E-state index in [2.05, 4.69) is 15.4 Å². The molecule has 0 radical (unpaired) electrons. The first-order chi connectivity index (χ1) is 16.5. The third-order valence-corrected chi connectivity index (χ3v) is 5.64. The first-order valence-corrected chi connectivity index (χ1v) is 10.8. The molecule has 0 spiro atoms. The van der Waals surface area contributed by atoms with E-state index in [0.29, 0.717) is 41.0 Å². The molecule has 2 heterocycles. The molecular weight excluding hydrogens is 433 g/mol. The van der Waals surface area contributed by atoms with Crippen LogP contribution in [0.15, 0.2) is 90.1 Å². The average Bonchev–Trinajstić information content (AvgIpc) is 3.26. The minimum absolute atomic E-state index is 0.343. The van der Waals surface area contributed by atoms with Gasteiger partial charge in [-0.2, -0.15) is 4.98 Å². The smallest absolute Gasteiger partial charge is 0.248 e. The number of primary amides is 1. The second kappa shape index (κ2) is 8.82. The van der Waals surface area contributed by atoms with Crippen LogP contribution in [0.1, 0.15) is 24.1 Å². The van der Waals surface area contributed by atoms with E-state index in [0.717, 1.165) is 11.1 Å². The molecule has 0 aliphatic carbocycles. The van der Waals surface area contributed by atoms with E-state index in [9.17, 15) is 9.18 Å². The Hall–Kier alpha value is -4.46. The van der Waals surface area contributed by atoms with Crippen LogP contribution < -0.4 is 15.8 Å². The van der Waals surface area contributed by atoms with Crippen LogP contribution >= 0.6 is 0 Å². The number of benzene rings is 3. The summed E-state index contributed by atoms with van der Waals surface area (Å²) < 4.78 is 21.0. The summed E-state index contributed by atoms with van der Waals surface area (Å²) in [5, 5.41) is 7.75. The predicted octanol–water partition coefficient (Wildman–Crippen LogP) is 4.44. The Labute approximate surface area is 195 Å². The fourth-order valence-electron chi connectivity index (χ4n) is 4.01. The number of carbonyl (C=O) groups is 1. The van der Waals surface area contributed by atoms with Crippen LogP contribution in [0.2, 0.25) is 0 Å². The lowest BCUT2D eigenvalue weighted by molar-refractivity contribution is -0.115. The maximum atomic E-state index is 13.4. The summed E-state index contributed by atoms with van der Waals surface area (Å²) in [6, 6.07) is 22.7. The summed E-state index contributed by atoms with van der Waals surface area (Å²) in [6.07, 6.45) is 0. The molecular formula is C26H22FN5O2. The van der Waals surface area contributed by atoms with E-state index in [4.69, 9.17) is 10.5 Å². The molecule has 0 saturated heterocycles. The number of nitrogens with zero attached hydrogens (tertiary/aromatic N) is 3. The van der Waals surface area contributed by atoms with Crippen molar-refractivity contribution in [3.63, 3.8) is 0 Å². The van der Waals surface area contributed by atoms with Gasteiger partial charge in [-0.15, -0.1) is 5.10 Å². The number of anilines is 1. The summed E-state index contributed by atoms with van der Waals surface area (Å²) in [5.74, 6) is 0.617. The van der Waals surface area contributed by atoms with Gasteiger partial charge in [-0.3, -0.25) is 4.79 Å². The molecule has 170 valence electrons. The van der Waals surface area contributed by atoms with Gasteiger partial charge in [0.05, 0.1) is 5.57 Å². The van der Waals surface area contributed by atoms with Crippen LogP contribution in [0.25, 0.3) is 11.4 Å². The number of aromatic nitrogens is 3. The Morgan fingerprint density at radius 2 is 1.85 bits per heavy atom. The fourth-order valence-corrected chi connectivity index (χ4v) is 4.01. The van der Waals surface area contributed by atoms with Crippen molar-refractivity contribution in [3.8, 4) is 17.1 Å². The molecule has 7 nitrogen and oxygen atoms in total. The minimum atomic E-state index is -0.601. The van der Waals surface area contributed by atoms with Crippen molar-refractivity contribution in [2.75, 3.05) is 5.32 Å². The highest BCUT2D eigenvalue weighted by Crippen LogP contribution is 2.37. The number of hydrogen-bond acceptors (Lipinski definition) is 5. The van der Waals surface area contributed by atoms with Crippen molar-refractivity contribution >= 4 is 11.9 Å². The van der Waals surface area contributed by atoms with Crippen LogP contribution in [0, 0.1) is 5.82 Å². The summed E-state index contributed by atoms with van der Waals surface area (Å²) in [4.78, 5) is 17.0. The van der Waals surface area contributed by atoms with E-state index in [1.54, 1.807) is 23.7 Å². The van der Waals surface area contributed by atoms with Gasteiger partial charge in [-0.1, -0.05) is 42.5 Å². The molecule has 8 heteroatoms. The Morgan fingerprint density at radius 3 is 2.59 bits per heavy atom. The van der Waals surface area contributed by atoms with Crippen LogP contribution in [-0.2, 0) is 11.4 Å². The van der Waals surface area contributed by atoms with Crippen LogP contribution in [0.5, 0.6) is 5.75 Å². The fraction of sp³-hybridized carbons (Fsp3) is 0.115. The normalized spacial score (nSPS) is 14.9. The lowest BCUT2D eigenvalue weighted by atomic mass is 9.95. The lowest BCUT2D eigenvalue weighted by Gasteiger charge is -2.27. The monoisotopic (exact) mass is 455 g/mol. The second-order valence-electron chi connectivity index (χ2n) is 7.99. The largest absolute Gasteiger partial charge is 0.489 e. The van der Waals surface area contributed by atoms with Crippen molar-refractivity contribution in [2.24, 2.45) is 5.73 Å². The highest BCUT2D eigenvalue weighted by Gasteiger charge is 2.33. The van der Waals surface area contributed by atoms with Gasteiger partial charge >= 0.3 is 0 Å². The van der Waals surface area contributed by atoms with E-state index < -0.39 is 11.9 Å². The summed E-state index contributed by atoms with van der Waals surface area (Å²) >= 11 is 0. The SMILES string of the molecule is CC1=C(C(N)=O)C(c2cccc(OCc3ccccc3)c2)n2nc(-c3ccc(F)cc3)nc2N1. The molecule has 1 aliphatic heterocycles. The molecule has 1 aromatic heterocycles. The Morgan fingerprint density at radius 1 is 1.09 bits per heavy atom. The van der Waals surface area contributed by atoms with E-state index in [-0.39, 0.29) is 5.82 Å². The molecule has 1 aliphatic rings. The van der Waals surface area contributed by atoms with Gasteiger partial charge in [0.2, 0.25) is 11.9 Å². The molecule has 0 fully saturated rings. The van der Waals surface area contributed by atoms with Crippen molar-refractivity contribution < 1.29 is 13.9 Å². The van der Waals surface area contributed by atoms with Gasteiger partial charge in [-0.25, -0.2) is 9.07 Å². The van der Waals surface area contributed by atoms with Crippen molar-refractivity contribution in [1.29, 1.82) is 0 Å². The van der Waals surface area contributed by atoms with Gasteiger partial charge in [0.15, 0.2) is 5.82 Å². The van der Waals surface area contributed by atoms with Gasteiger partial charge in [-0.05, 0) is 54.4 Å². The first-order valence-electron chi connectivity index (χ1n) is 10.8. The quantitative estimate of drug-likeness (QED) is 0.448. The number of hydrogen-bond donors (Lipinski definition) is 2. The highest BCUT2D eigenvalue weighted by atomic mass is 19.1. The second-order valence-corrected chi connectivity index (χ2v) is 7.99. The molecule has 0 bridgehead atoms. The number of rotatable bonds is 6. The van der Waals surface area contributed by atoms with Crippen molar-refractivity contribution in [3.05, 3.63) is 107 Å². The maximum Gasteiger partial charge on any atom is 0.248 e.